The van der Waals surface area contributed by atoms with E-state index >= 15 is 0 Å². The van der Waals surface area contributed by atoms with E-state index in [9.17, 15) is 0 Å². The SMILES string of the molecule is CCNC(C)c1ccc(OCc2nnc(CC)o2)c(Cl)c1. The average Bonchev–Trinajstić information content (AvgIpc) is 2.94. The minimum Gasteiger partial charge on any atom is -0.482 e. The number of hydrogen-bond donors (Lipinski definition) is 1. The van der Waals surface area contributed by atoms with Gasteiger partial charge in [-0.3, -0.25) is 0 Å². The zero-order chi connectivity index (χ0) is 15.2. The number of halogens is 1. The molecule has 0 aliphatic rings. The fourth-order valence-corrected chi connectivity index (χ4v) is 2.20. The van der Waals surface area contributed by atoms with Crippen LogP contribution in [0.4, 0.5) is 0 Å². The fraction of sp³-hybridized carbons (Fsp3) is 0.467. The van der Waals surface area contributed by atoms with Crippen LogP contribution in [0.3, 0.4) is 0 Å². The van der Waals surface area contributed by atoms with Crippen molar-refractivity contribution in [3.05, 3.63) is 40.6 Å². The van der Waals surface area contributed by atoms with E-state index in [1.807, 2.05) is 25.1 Å². The summed E-state index contributed by atoms with van der Waals surface area (Å²) in [5, 5.41) is 11.7. The largest absolute Gasteiger partial charge is 0.482 e. The van der Waals surface area contributed by atoms with Gasteiger partial charge in [0.25, 0.3) is 5.89 Å². The molecular formula is C15H20ClN3O2. The summed E-state index contributed by atoms with van der Waals surface area (Å²) in [7, 11) is 0. The smallest absolute Gasteiger partial charge is 0.253 e. The molecule has 0 aliphatic carbocycles. The first-order valence-electron chi connectivity index (χ1n) is 7.10. The van der Waals surface area contributed by atoms with E-state index < -0.39 is 0 Å². The Kier molecular flexibility index (Phi) is 5.59. The van der Waals surface area contributed by atoms with Gasteiger partial charge in [-0.15, -0.1) is 10.2 Å². The minimum absolute atomic E-state index is 0.217. The molecular weight excluding hydrogens is 290 g/mol. The van der Waals surface area contributed by atoms with Gasteiger partial charge in [-0.05, 0) is 31.2 Å². The van der Waals surface area contributed by atoms with Crippen molar-refractivity contribution in [1.29, 1.82) is 0 Å². The summed E-state index contributed by atoms with van der Waals surface area (Å²) in [5.41, 5.74) is 1.13. The molecule has 1 atom stereocenters. The van der Waals surface area contributed by atoms with Gasteiger partial charge in [0.2, 0.25) is 5.89 Å². The Hall–Kier alpha value is -1.59. The molecule has 114 valence electrons. The van der Waals surface area contributed by atoms with E-state index in [0.717, 1.165) is 12.1 Å². The van der Waals surface area contributed by atoms with E-state index in [1.54, 1.807) is 0 Å². The number of nitrogens with zero attached hydrogens (tertiary/aromatic N) is 2. The second-order valence-electron chi connectivity index (χ2n) is 4.70. The molecule has 2 aromatic rings. The number of aryl methyl sites for hydroxylation is 1. The Labute approximate surface area is 129 Å². The first kappa shape index (κ1) is 15.8. The Morgan fingerprint density at radius 2 is 2.05 bits per heavy atom. The maximum Gasteiger partial charge on any atom is 0.253 e. The number of hydrogen-bond acceptors (Lipinski definition) is 5. The van der Waals surface area contributed by atoms with Crippen LogP contribution in [0.15, 0.2) is 22.6 Å². The van der Waals surface area contributed by atoms with Gasteiger partial charge in [0.1, 0.15) is 5.75 Å². The van der Waals surface area contributed by atoms with Crippen LogP contribution in [0, 0.1) is 0 Å². The average molecular weight is 310 g/mol. The summed E-state index contributed by atoms with van der Waals surface area (Å²) < 4.78 is 11.0. The summed E-state index contributed by atoms with van der Waals surface area (Å²) in [5.74, 6) is 1.67. The second kappa shape index (κ2) is 7.43. The molecule has 1 aromatic heterocycles. The standard InChI is InChI=1S/C15H20ClN3O2/c1-4-14-18-19-15(21-14)9-20-13-7-6-11(8-12(13)16)10(3)17-5-2/h6-8,10,17H,4-5,9H2,1-3H3. The van der Waals surface area contributed by atoms with Crippen LogP contribution in [-0.4, -0.2) is 16.7 Å². The van der Waals surface area contributed by atoms with Crippen molar-refractivity contribution < 1.29 is 9.15 Å². The molecule has 0 amide bonds. The van der Waals surface area contributed by atoms with Crippen molar-refractivity contribution in [1.82, 2.24) is 15.5 Å². The van der Waals surface area contributed by atoms with Crippen molar-refractivity contribution in [2.45, 2.75) is 39.8 Å². The van der Waals surface area contributed by atoms with Crippen LogP contribution in [0.1, 0.15) is 44.2 Å². The van der Waals surface area contributed by atoms with E-state index in [-0.39, 0.29) is 12.6 Å². The third-order valence-electron chi connectivity index (χ3n) is 3.13. The molecule has 21 heavy (non-hydrogen) atoms. The molecule has 5 nitrogen and oxygen atoms in total. The van der Waals surface area contributed by atoms with E-state index in [1.165, 1.54) is 0 Å². The molecule has 0 saturated heterocycles. The molecule has 1 N–H and O–H groups in total. The molecule has 6 heteroatoms. The van der Waals surface area contributed by atoms with Gasteiger partial charge < -0.3 is 14.5 Å². The van der Waals surface area contributed by atoms with Gasteiger partial charge in [-0.25, -0.2) is 0 Å². The lowest BCUT2D eigenvalue weighted by molar-refractivity contribution is 0.259. The summed E-state index contributed by atoms with van der Waals surface area (Å²) in [4.78, 5) is 0. The predicted molar refractivity (Wildman–Crippen MR) is 81.6 cm³/mol. The number of nitrogens with one attached hydrogen (secondary N) is 1. The van der Waals surface area contributed by atoms with Crippen LogP contribution in [0.2, 0.25) is 5.02 Å². The predicted octanol–water partition coefficient (Wildman–Crippen LogP) is 3.53. The van der Waals surface area contributed by atoms with Crippen LogP contribution >= 0.6 is 11.6 Å². The van der Waals surface area contributed by atoms with Crippen LogP contribution < -0.4 is 10.1 Å². The van der Waals surface area contributed by atoms with Crippen molar-refractivity contribution in [3.63, 3.8) is 0 Å². The molecule has 0 saturated carbocycles. The molecule has 0 fully saturated rings. The lowest BCUT2D eigenvalue weighted by Gasteiger charge is -2.14. The first-order chi connectivity index (χ1) is 10.1. The zero-order valence-electron chi connectivity index (χ0n) is 12.5. The molecule has 2 rings (SSSR count). The molecule has 1 heterocycles. The van der Waals surface area contributed by atoms with E-state index in [0.29, 0.717) is 29.0 Å². The van der Waals surface area contributed by atoms with Gasteiger partial charge in [0.05, 0.1) is 5.02 Å². The Bertz CT molecular complexity index is 586. The fourth-order valence-electron chi connectivity index (χ4n) is 1.96. The van der Waals surface area contributed by atoms with Gasteiger partial charge in [0.15, 0.2) is 6.61 Å². The monoisotopic (exact) mass is 309 g/mol. The summed E-state index contributed by atoms with van der Waals surface area (Å²) in [6, 6.07) is 6.03. The quantitative estimate of drug-likeness (QED) is 0.847. The normalized spacial score (nSPS) is 12.4. The number of aromatic nitrogens is 2. The highest BCUT2D eigenvalue weighted by atomic mass is 35.5. The highest BCUT2D eigenvalue weighted by Gasteiger charge is 2.10. The third kappa shape index (κ3) is 4.19. The number of rotatable bonds is 7. The van der Waals surface area contributed by atoms with E-state index in [4.69, 9.17) is 20.8 Å². The third-order valence-corrected chi connectivity index (χ3v) is 3.42. The molecule has 0 aliphatic heterocycles. The van der Waals surface area contributed by atoms with Crippen molar-refractivity contribution in [2.75, 3.05) is 6.54 Å². The molecule has 1 unspecified atom stereocenters. The first-order valence-corrected chi connectivity index (χ1v) is 7.48. The van der Waals surface area contributed by atoms with Crippen LogP contribution in [0.5, 0.6) is 5.75 Å². The van der Waals surface area contributed by atoms with Crippen LogP contribution in [0.25, 0.3) is 0 Å². The highest BCUT2D eigenvalue weighted by molar-refractivity contribution is 6.32. The Morgan fingerprint density at radius 1 is 1.29 bits per heavy atom. The topological polar surface area (TPSA) is 60.2 Å². The highest BCUT2D eigenvalue weighted by Crippen LogP contribution is 2.28. The van der Waals surface area contributed by atoms with Crippen molar-refractivity contribution >= 4 is 11.6 Å². The lowest BCUT2D eigenvalue weighted by atomic mass is 10.1. The Balaban J connectivity index is 2.00. The molecule has 0 spiro atoms. The maximum atomic E-state index is 6.25. The van der Waals surface area contributed by atoms with Crippen molar-refractivity contribution in [2.24, 2.45) is 0 Å². The summed E-state index contributed by atoms with van der Waals surface area (Å²) >= 11 is 6.25. The second-order valence-corrected chi connectivity index (χ2v) is 5.11. The molecule has 0 bridgehead atoms. The molecule has 0 radical (unpaired) electrons. The number of ether oxygens (including phenoxy) is 1. The summed E-state index contributed by atoms with van der Waals surface area (Å²) in [6.07, 6.45) is 0.713. The lowest BCUT2D eigenvalue weighted by Crippen LogP contribution is -2.17. The van der Waals surface area contributed by atoms with Gasteiger partial charge in [0, 0.05) is 12.5 Å². The summed E-state index contributed by atoms with van der Waals surface area (Å²) in [6.45, 7) is 7.26. The number of benzene rings is 1. The Morgan fingerprint density at radius 3 is 2.67 bits per heavy atom. The zero-order valence-corrected chi connectivity index (χ0v) is 13.3. The minimum atomic E-state index is 0.217. The van der Waals surface area contributed by atoms with Gasteiger partial charge in [-0.2, -0.15) is 0 Å². The van der Waals surface area contributed by atoms with Crippen molar-refractivity contribution in [3.8, 4) is 5.75 Å². The van der Waals surface area contributed by atoms with Gasteiger partial charge >= 0.3 is 0 Å². The van der Waals surface area contributed by atoms with Gasteiger partial charge in [-0.1, -0.05) is 31.5 Å². The molecule has 1 aromatic carbocycles. The van der Waals surface area contributed by atoms with E-state index in [2.05, 4.69) is 29.4 Å². The van der Waals surface area contributed by atoms with Crippen LogP contribution in [-0.2, 0) is 13.0 Å². The maximum absolute atomic E-state index is 6.25.